The number of benzene rings is 4. The van der Waals surface area contributed by atoms with Crippen LogP contribution in [0.1, 0.15) is 15.9 Å². The van der Waals surface area contributed by atoms with Crippen molar-refractivity contribution in [2.45, 2.75) is 5.16 Å². The average Bonchev–Trinajstić information content (AvgIpc) is 2.96. The topological polar surface area (TPSA) is 90.3 Å². The van der Waals surface area contributed by atoms with Crippen LogP contribution in [0.5, 0.6) is 5.75 Å². The molecule has 8 heteroatoms. The van der Waals surface area contributed by atoms with Crippen molar-refractivity contribution in [1.29, 1.82) is 0 Å². The summed E-state index contributed by atoms with van der Waals surface area (Å²) < 4.78 is 6.82. The number of hydrogen-bond donors (Lipinski definition) is 1. The van der Waals surface area contributed by atoms with Gasteiger partial charge >= 0.3 is 0 Å². The van der Waals surface area contributed by atoms with Gasteiger partial charge in [-0.1, -0.05) is 72.4 Å². The molecule has 0 aliphatic carbocycles. The van der Waals surface area contributed by atoms with Gasteiger partial charge in [-0.05, 0) is 36.4 Å². The number of aromatic nitrogens is 2. The Morgan fingerprint density at radius 2 is 1.63 bits per heavy atom. The first kappa shape index (κ1) is 25.0. The first-order chi connectivity index (χ1) is 18.5. The van der Waals surface area contributed by atoms with Crippen LogP contribution in [0.3, 0.4) is 0 Å². The van der Waals surface area contributed by atoms with Crippen molar-refractivity contribution >= 4 is 40.0 Å². The number of hydrogen-bond acceptors (Lipinski definition) is 6. The van der Waals surface area contributed by atoms with Crippen molar-refractivity contribution < 1.29 is 14.3 Å². The maximum atomic E-state index is 13.5. The summed E-state index contributed by atoms with van der Waals surface area (Å²) in [7, 11) is 1.56. The van der Waals surface area contributed by atoms with E-state index in [1.54, 1.807) is 98.1 Å². The fraction of sp³-hybridized carbons (Fsp3) is 0.0667. The SMILES string of the molecule is COc1cccc(-n2c(SCC(=O)Nc3ccccc3C(=O)c3ccccc3)nc3ccccc3c2=O)c1. The van der Waals surface area contributed by atoms with Crippen LogP contribution >= 0.6 is 11.8 Å². The Balaban J connectivity index is 1.43. The van der Waals surface area contributed by atoms with Crippen LogP contribution in [0.25, 0.3) is 16.6 Å². The van der Waals surface area contributed by atoms with E-state index in [0.717, 1.165) is 11.8 Å². The van der Waals surface area contributed by atoms with Crippen molar-refractivity contribution in [3.05, 3.63) is 125 Å². The van der Waals surface area contributed by atoms with E-state index in [0.29, 0.717) is 44.3 Å². The Bertz CT molecular complexity index is 1700. The summed E-state index contributed by atoms with van der Waals surface area (Å²) in [5.41, 5.74) is 2.22. The highest BCUT2D eigenvalue weighted by atomic mass is 32.2. The van der Waals surface area contributed by atoms with Gasteiger partial charge in [-0.15, -0.1) is 0 Å². The second-order valence-corrected chi connectivity index (χ2v) is 9.27. The van der Waals surface area contributed by atoms with E-state index in [4.69, 9.17) is 4.74 Å². The molecule has 0 atom stereocenters. The standard InChI is InChI=1S/C30H23N3O4S/c1-37-22-13-9-12-21(18-22)33-29(36)24-15-6-8-17-26(24)32-30(33)38-19-27(34)31-25-16-7-5-14-23(25)28(35)20-10-3-2-4-11-20/h2-18H,19H2,1H3,(H,31,34). The molecule has 4 aromatic carbocycles. The zero-order valence-corrected chi connectivity index (χ0v) is 21.3. The monoisotopic (exact) mass is 521 g/mol. The number of thioether (sulfide) groups is 1. The molecule has 0 aliphatic heterocycles. The summed E-state index contributed by atoms with van der Waals surface area (Å²) in [4.78, 5) is 44.2. The lowest BCUT2D eigenvalue weighted by molar-refractivity contribution is -0.113. The fourth-order valence-corrected chi connectivity index (χ4v) is 4.85. The van der Waals surface area contributed by atoms with Gasteiger partial charge in [0.1, 0.15) is 5.75 Å². The molecule has 1 amide bonds. The van der Waals surface area contributed by atoms with Crippen LogP contribution in [0.4, 0.5) is 5.69 Å². The third-order valence-electron chi connectivity index (χ3n) is 5.87. The molecule has 7 nitrogen and oxygen atoms in total. The molecule has 0 aliphatic rings. The summed E-state index contributed by atoms with van der Waals surface area (Å²) in [6.07, 6.45) is 0. The van der Waals surface area contributed by atoms with Crippen LogP contribution in [0.15, 0.2) is 113 Å². The zero-order valence-electron chi connectivity index (χ0n) is 20.5. The Hall–Kier alpha value is -4.69. The normalized spacial score (nSPS) is 10.8. The fourth-order valence-electron chi connectivity index (χ4n) is 4.04. The molecule has 0 spiro atoms. The minimum atomic E-state index is -0.331. The number of carbonyl (C=O) groups excluding carboxylic acids is 2. The maximum Gasteiger partial charge on any atom is 0.266 e. The van der Waals surface area contributed by atoms with E-state index < -0.39 is 0 Å². The summed E-state index contributed by atoms with van der Waals surface area (Å²) in [6.45, 7) is 0. The number of ketones is 1. The van der Waals surface area contributed by atoms with Crippen molar-refractivity contribution in [2.24, 2.45) is 0 Å². The highest BCUT2D eigenvalue weighted by Crippen LogP contribution is 2.25. The number of ether oxygens (including phenoxy) is 1. The van der Waals surface area contributed by atoms with Gasteiger partial charge in [0, 0.05) is 17.2 Å². The minimum Gasteiger partial charge on any atom is -0.497 e. The van der Waals surface area contributed by atoms with Gasteiger partial charge in [0.2, 0.25) is 5.91 Å². The summed E-state index contributed by atoms with van der Waals surface area (Å²) >= 11 is 1.14. The lowest BCUT2D eigenvalue weighted by atomic mass is 10.0. The highest BCUT2D eigenvalue weighted by molar-refractivity contribution is 7.99. The molecule has 1 aromatic heterocycles. The molecule has 38 heavy (non-hydrogen) atoms. The van der Waals surface area contributed by atoms with E-state index in [1.807, 2.05) is 12.1 Å². The molecule has 0 saturated heterocycles. The molecule has 188 valence electrons. The number of fused-ring (bicyclic) bond motifs is 1. The summed E-state index contributed by atoms with van der Waals surface area (Å²) in [6, 6.07) is 30.0. The van der Waals surface area contributed by atoms with Crippen molar-refractivity contribution in [1.82, 2.24) is 9.55 Å². The van der Waals surface area contributed by atoms with Crippen molar-refractivity contribution in [3.8, 4) is 11.4 Å². The summed E-state index contributed by atoms with van der Waals surface area (Å²) in [5, 5.41) is 3.68. The first-order valence-electron chi connectivity index (χ1n) is 11.8. The van der Waals surface area contributed by atoms with E-state index in [2.05, 4.69) is 10.3 Å². The lowest BCUT2D eigenvalue weighted by Crippen LogP contribution is -2.23. The number of rotatable bonds is 8. The quantitative estimate of drug-likeness (QED) is 0.168. The predicted molar refractivity (Wildman–Crippen MR) is 150 cm³/mol. The smallest absolute Gasteiger partial charge is 0.266 e. The number of para-hydroxylation sites is 2. The average molecular weight is 522 g/mol. The Kier molecular flexibility index (Phi) is 7.33. The summed E-state index contributed by atoms with van der Waals surface area (Å²) in [5.74, 6) is 0.0545. The molecule has 0 saturated carbocycles. The third-order valence-corrected chi connectivity index (χ3v) is 6.81. The van der Waals surface area contributed by atoms with E-state index >= 15 is 0 Å². The van der Waals surface area contributed by atoms with Gasteiger partial charge in [0.05, 0.1) is 35.1 Å². The molecule has 5 aromatic rings. The molecule has 0 fully saturated rings. The molecular formula is C30H23N3O4S. The molecule has 0 bridgehead atoms. The van der Waals surface area contributed by atoms with E-state index in [1.165, 1.54) is 4.57 Å². The number of methoxy groups -OCH3 is 1. The number of carbonyl (C=O) groups is 2. The van der Waals surface area contributed by atoms with Gasteiger partial charge in [0.15, 0.2) is 10.9 Å². The molecule has 5 rings (SSSR count). The molecule has 1 heterocycles. The van der Waals surface area contributed by atoms with E-state index in [9.17, 15) is 14.4 Å². The zero-order chi connectivity index (χ0) is 26.5. The lowest BCUT2D eigenvalue weighted by Gasteiger charge is -2.14. The first-order valence-corrected chi connectivity index (χ1v) is 12.8. The van der Waals surface area contributed by atoms with Crippen LogP contribution < -0.4 is 15.6 Å². The molecule has 0 unspecified atom stereocenters. The number of amides is 1. The number of nitrogens with one attached hydrogen (secondary N) is 1. The number of nitrogens with zero attached hydrogens (tertiary/aromatic N) is 2. The largest absolute Gasteiger partial charge is 0.497 e. The van der Waals surface area contributed by atoms with Gasteiger partial charge in [-0.2, -0.15) is 0 Å². The maximum absolute atomic E-state index is 13.5. The van der Waals surface area contributed by atoms with Crippen molar-refractivity contribution in [3.63, 3.8) is 0 Å². The van der Waals surface area contributed by atoms with Crippen molar-refractivity contribution in [2.75, 3.05) is 18.2 Å². The third kappa shape index (κ3) is 5.21. The number of anilines is 1. The van der Waals surface area contributed by atoms with Crippen LogP contribution in [-0.2, 0) is 4.79 Å². The minimum absolute atomic E-state index is 0.0252. The second-order valence-electron chi connectivity index (χ2n) is 8.33. The Morgan fingerprint density at radius 3 is 2.45 bits per heavy atom. The highest BCUT2D eigenvalue weighted by Gasteiger charge is 2.18. The molecular weight excluding hydrogens is 498 g/mol. The van der Waals surface area contributed by atoms with Gasteiger partial charge < -0.3 is 10.1 Å². The Labute approximate surface area is 223 Å². The van der Waals surface area contributed by atoms with E-state index in [-0.39, 0.29) is 23.0 Å². The predicted octanol–water partition coefficient (Wildman–Crippen LogP) is 5.36. The Morgan fingerprint density at radius 1 is 0.895 bits per heavy atom. The van der Waals surface area contributed by atoms with Crippen LogP contribution in [0.2, 0.25) is 0 Å². The van der Waals surface area contributed by atoms with Gasteiger partial charge in [-0.3, -0.25) is 19.0 Å². The second kappa shape index (κ2) is 11.1. The van der Waals surface area contributed by atoms with Crippen LogP contribution in [-0.4, -0.2) is 34.1 Å². The molecule has 0 radical (unpaired) electrons. The van der Waals surface area contributed by atoms with Gasteiger partial charge in [0.25, 0.3) is 5.56 Å². The van der Waals surface area contributed by atoms with Gasteiger partial charge in [-0.25, -0.2) is 4.98 Å². The van der Waals surface area contributed by atoms with Crippen LogP contribution in [0, 0.1) is 0 Å². The molecule has 1 N–H and O–H groups in total.